The van der Waals surface area contributed by atoms with E-state index >= 15 is 0 Å². The second-order valence-corrected chi connectivity index (χ2v) is 8.13. The first kappa shape index (κ1) is 23.5. The lowest BCUT2D eigenvalue weighted by Gasteiger charge is -2.23. The van der Waals surface area contributed by atoms with Crippen molar-refractivity contribution in [3.8, 4) is 11.4 Å². The number of carboxylic acid groups (broad SMARTS) is 1. The maximum atomic E-state index is 13.4. The van der Waals surface area contributed by atoms with Gasteiger partial charge in [-0.2, -0.15) is 0 Å². The number of anilines is 2. The Kier molecular flexibility index (Phi) is 7.02. The largest absolute Gasteiger partial charge is 0.465 e. The van der Waals surface area contributed by atoms with E-state index in [1.165, 1.54) is 4.90 Å². The molecule has 32 heavy (non-hydrogen) atoms. The number of likely N-dealkylation sites (tertiary alicyclic amines) is 1. The van der Waals surface area contributed by atoms with Gasteiger partial charge in [0, 0.05) is 45.6 Å². The molecule has 2 aromatic heterocycles. The lowest BCUT2D eigenvalue weighted by atomic mass is 10.1. The van der Waals surface area contributed by atoms with Crippen LogP contribution in [0.2, 0.25) is 0 Å². The van der Waals surface area contributed by atoms with Crippen LogP contribution >= 0.6 is 0 Å². The van der Waals surface area contributed by atoms with E-state index in [4.69, 9.17) is 9.72 Å². The Morgan fingerprint density at radius 3 is 2.59 bits per heavy atom. The second-order valence-electron chi connectivity index (χ2n) is 8.13. The molecule has 1 aliphatic rings. The van der Waals surface area contributed by atoms with E-state index in [9.17, 15) is 14.7 Å². The van der Waals surface area contributed by atoms with Gasteiger partial charge in [0.2, 0.25) is 0 Å². The van der Waals surface area contributed by atoms with Crippen molar-refractivity contribution in [2.75, 3.05) is 44.0 Å². The third-order valence-corrected chi connectivity index (χ3v) is 5.71. The van der Waals surface area contributed by atoms with Gasteiger partial charge in [-0.3, -0.25) is 9.36 Å². The number of pyridine rings is 1. The molecule has 0 radical (unpaired) electrons. The molecule has 174 valence electrons. The van der Waals surface area contributed by atoms with Crippen LogP contribution in [0.1, 0.15) is 25.1 Å². The van der Waals surface area contributed by atoms with Crippen molar-refractivity contribution in [3.63, 3.8) is 0 Å². The number of rotatable bonds is 7. The third kappa shape index (κ3) is 4.55. The molecule has 10 heteroatoms. The summed E-state index contributed by atoms with van der Waals surface area (Å²) in [5.41, 5.74) is 2.49. The number of hydrogen-bond acceptors (Lipinski definition) is 7. The van der Waals surface area contributed by atoms with E-state index in [1.54, 1.807) is 17.7 Å². The molecular formula is C22H32N6O4. The molecular weight excluding hydrogens is 412 g/mol. The molecule has 1 saturated heterocycles. The zero-order valence-corrected chi connectivity index (χ0v) is 19.5. The van der Waals surface area contributed by atoms with E-state index in [-0.39, 0.29) is 30.8 Å². The van der Waals surface area contributed by atoms with Crippen LogP contribution in [0.5, 0.6) is 0 Å². The minimum atomic E-state index is -1.00. The lowest BCUT2D eigenvalue weighted by Crippen LogP contribution is -2.38. The highest BCUT2D eigenvalue weighted by atomic mass is 16.5. The van der Waals surface area contributed by atoms with Crippen LogP contribution in [-0.2, 0) is 11.3 Å². The molecule has 2 atom stereocenters. The quantitative estimate of drug-likeness (QED) is 0.668. The number of aromatic nitrogens is 3. The van der Waals surface area contributed by atoms with E-state index in [0.29, 0.717) is 30.4 Å². The van der Waals surface area contributed by atoms with Gasteiger partial charge in [-0.25, -0.2) is 14.8 Å². The van der Waals surface area contributed by atoms with Gasteiger partial charge in [-0.05, 0) is 39.3 Å². The molecule has 1 fully saturated rings. The summed E-state index contributed by atoms with van der Waals surface area (Å²) in [6.45, 7) is 8.91. The standard InChI is InChI=1S/C22H32N6O4/c1-7-28-20(15-10-23-18(26(5)6)9-13(15)3)24-14(4)19(21(28)29)25-16-11-27(22(30)31)12-17(16)32-8-2/h9-10,16-17,25H,7-8,11-12H2,1-6H3,(H,30,31)/t16-,17+/m1/s1. The molecule has 0 bridgehead atoms. The van der Waals surface area contributed by atoms with Crippen molar-refractivity contribution in [2.24, 2.45) is 0 Å². The van der Waals surface area contributed by atoms with Crippen LogP contribution in [0.25, 0.3) is 11.4 Å². The first-order valence-corrected chi connectivity index (χ1v) is 10.8. The minimum absolute atomic E-state index is 0.199. The van der Waals surface area contributed by atoms with E-state index in [2.05, 4.69) is 10.3 Å². The van der Waals surface area contributed by atoms with Gasteiger partial charge in [0.15, 0.2) is 0 Å². The molecule has 3 heterocycles. The molecule has 10 nitrogen and oxygen atoms in total. The maximum absolute atomic E-state index is 13.4. The molecule has 0 aromatic carbocycles. The fourth-order valence-electron chi connectivity index (χ4n) is 3.98. The van der Waals surface area contributed by atoms with Crippen LogP contribution < -0.4 is 15.8 Å². The fourth-order valence-corrected chi connectivity index (χ4v) is 3.98. The molecule has 0 unspecified atom stereocenters. The molecule has 1 aliphatic heterocycles. The number of amides is 1. The van der Waals surface area contributed by atoms with Crippen LogP contribution in [0.4, 0.5) is 16.3 Å². The van der Waals surface area contributed by atoms with Gasteiger partial charge in [0.05, 0.1) is 24.4 Å². The predicted molar refractivity (Wildman–Crippen MR) is 124 cm³/mol. The predicted octanol–water partition coefficient (Wildman–Crippen LogP) is 2.19. The van der Waals surface area contributed by atoms with Gasteiger partial charge in [-0.15, -0.1) is 0 Å². The number of nitrogens with one attached hydrogen (secondary N) is 1. The van der Waals surface area contributed by atoms with Gasteiger partial charge < -0.3 is 25.0 Å². The van der Waals surface area contributed by atoms with Crippen LogP contribution in [0.15, 0.2) is 17.1 Å². The van der Waals surface area contributed by atoms with E-state index in [0.717, 1.165) is 16.9 Å². The van der Waals surface area contributed by atoms with Crippen LogP contribution in [-0.4, -0.2) is 76.6 Å². The normalized spacial score (nSPS) is 18.1. The van der Waals surface area contributed by atoms with Crippen molar-refractivity contribution in [1.29, 1.82) is 0 Å². The highest BCUT2D eigenvalue weighted by Crippen LogP contribution is 2.25. The van der Waals surface area contributed by atoms with Crippen molar-refractivity contribution in [1.82, 2.24) is 19.4 Å². The summed E-state index contributed by atoms with van der Waals surface area (Å²) < 4.78 is 7.35. The fraction of sp³-hybridized carbons (Fsp3) is 0.545. The molecule has 1 amide bonds. The summed E-state index contributed by atoms with van der Waals surface area (Å²) in [7, 11) is 3.85. The van der Waals surface area contributed by atoms with Gasteiger partial charge >= 0.3 is 6.09 Å². The molecule has 0 saturated carbocycles. The van der Waals surface area contributed by atoms with Gasteiger partial charge in [-0.1, -0.05) is 0 Å². The Balaban J connectivity index is 2.00. The zero-order chi connectivity index (χ0) is 23.6. The lowest BCUT2D eigenvalue weighted by molar-refractivity contribution is 0.0629. The van der Waals surface area contributed by atoms with Crippen molar-refractivity contribution >= 4 is 17.6 Å². The molecule has 2 aromatic rings. The van der Waals surface area contributed by atoms with Crippen molar-refractivity contribution < 1.29 is 14.6 Å². The topological polar surface area (TPSA) is 113 Å². The summed E-state index contributed by atoms with van der Waals surface area (Å²) >= 11 is 0. The SMILES string of the molecule is CCO[C@H]1CN(C(=O)O)C[C@H]1Nc1c(C)nc(-c2cnc(N(C)C)cc2C)n(CC)c1=O. The third-order valence-electron chi connectivity index (χ3n) is 5.71. The first-order chi connectivity index (χ1) is 15.2. The first-order valence-electron chi connectivity index (χ1n) is 10.8. The monoisotopic (exact) mass is 444 g/mol. The Morgan fingerprint density at radius 1 is 1.31 bits per heavy atom. The molecule has 0 aliphatic carbocycles. The van der Waals surface area contributed by atoms with E-state index in [1.807, 2.05) is 45.8 Å². The summed E-state index contributed by atoms with van der Waals surface area (Å²) in [6.07, 6.45) is 0.409. The summed E-state index contributed by atoms with van der Waals surface area (Å²) in [5.74, 6) is 1.40. The second kappa shape index (κ2) is 9.56. The van der Waals surface area contributed by atoms with Gasteiger partial charge in [0.25, 0.3) is 5.56 Å². The highest BCUT2D eigenvalue weighted by molar-refractivity contribution is 5.66. The molecule has 0 spiro atoms. The number of carbonyl (C=O) groups is 1. The van der Waals surface area contributed by atoms with Crippen molar-refractivity contribution in [2.45, 2.75) is 46.4 Å². The Morgan fingerprint density at radius 2 is 2.03 bits per heavy atom. The van der Waals surface area contributed by atoms with Crippen LogP contribution in [0, 0.1) is 13.8 Å². The Bertz CT molecular complexity index is 1050. The summed E-state index contributed by atoms with van der Waals surface area (Å²) in [6, 6.07) is 1.63. The Hall–Kier alpha value is -3.14. The highest BCUT2D eigenvalue weighted by Gasteiger charge is 2.36. The van der Waals surface area contributed by atoms with Crippen molar-refractivity contribution in [3.05, 3.63) is 33.9 Å². The molecule has 2 N–H and O–H groups in total. The smallest absolute Gasteiger partial charge is 0.407 e. The Labute approximate surface area is 187 Å². The number of ether oxygens (including phenoxy) is 1. The van der Waals surface area contributed by atoms with Gasteiger partial charge in [0.1, 0.15) is 17.3 Å². The average Bonchev–Trinajstić information content (AvgIpc) is 3.14. The van der Waals surface area contributed by atoms with Crippen LogP contribution in [0.3, 0.4) is 0 Å². The number of nitrogens with zero attached hydrogens (tertiary/aromatic N) is 5. The summed E-state index contributed by atoms with van der Waals surface area (Å²) in [5, 5.41) is 12.6. The maximum Gasteiger partial charge on any atom is 0.407 e. The number of hydrogen-bond donors (Lipinski definition) is 2. The molecule has 3 rings (SSSR count). The summed E-state index contributed by atoms with van der Waals surface area (Å²) in [4.78, 5) is 37.3. The minimum Gasteiger partial charge on any atom is -0.465 e. The zero-order valence-electron chi connectivity index (χ0n) is 19.5. The number of aryl methyl sites for hydroxylation is 2. The van der Waals surface area contributed by atoms with E-state index < -0.39 is 6.09 Å². The average molecular weight is 445 g/mol.